The van der Waals surface area contributed by atoms with Crippen molar-refractivity contribution in [1.82, 2.24) is 4.98 Å². The molecule has 13 heavy (non-hydrogen) atoms. The van der Waals surface area contributed by atoms with E-state index in [0.717, 1.165) is 17.9 Å². The highest BCUT2D eigenvalue weighted by Crippen LogP contribution is 2.16. The summed E-state index contributed by atoms with van der Waals surface area (Å²) in [5.41, 5.74) is 6.85. The Morgan fingerprint density at radius 2 is 2.46 bits per heavy atom. The normalized spacial score (nSPS) is 13.2. The van der Waals surface area contributed by atoms with Crippen LogP contribution in [0.1, 0.15) is 24.5 Å². The number of hydrogen-bond acceptors (Lipinski definition) is 4. The second-order valence-electron chi connectivity index (χ2n) is 3.08. The zero-order chi connectivity index (χ0) is 9.68. The summed E-state index contributed by atoms with van der Waals surface area (Å²) < 4.78 is 0. The van der Waals surface area contributed by atoms with Crippen molar-refractivity contribution in [3.8, 4) is 0 Å². The van der Waals surface area contributed by atoms with Crippen LogP contribution in [-0.2, 0) is 12.2 Å². The van der Waals surface area contributed by atoms with E-state index in [1.807, 2.05) is 18.7 Å². The zero-order valence-electron chi connectivity index (χ0n) is 8.12. The van der Waals surface area contributed by atoms with Crippen molar-refractivity contribution in [3.05, 3.63) is 16.1 Å². The van der Waals surface area contributed by atoms with Crippen molar-refractivity contribution >= 4 is 23.1 Å². The molecule has 0 fully saturated rings. The lowest BCUT2D eigenvalue weighted by molar-refractivity contribution is 0.847. The predicted octanol–water partition coefficient (Wildman–Crippen LogP) is 2.29. The molecule has 1 rings (SSSR count). The van der Waals surface area contributed by atoms with E-state index in [4.69, 9.17) is 5.73 Å². The van der Waals surface area contributed by atoms with Crippen molar-refractivity contribution < 1.29 is 0 Å². The number of rotatable bonds is 5. The summed E-state index contributed by atoms with van der Waals surface area (Å²) in [6.07, 6.45) is 1.04. The van der Waals surface area contributed by atoms with Crippen LogP contribution in [0.2, 0.25) is 0 Å². The van der Waals surface area contributed by atoms with Crippen LogP contribution in [-0.4, -0.2) is 16.8 Å². The van der Waals surface area contributed by atoms with E-state index in [2.05, 4.69) is 17.3 Å². The minimum Gasteiger partial charge on any atom is -0.327 e. The summed E-state index contributed by atoms with van der Waals surface area (Å²) in [5.74, 6) is 2.01. The van der Waals surface area contributed by atoms with Gasteiger partial charge in [0.2, 0.25) is 0 Å². The van der Waals surface area contributed by atoms with E-state index in [9.17, 15) is 0 Å². The molecule has 0 saturated heterocycles. The first-order chi connectivity index (χ1) is 6.22. The van der Waals surface area contributed by atoms with Crippen molar-refractivity contribution in [1.29, 1.82) is 0 Å². The fourth-order valence-corrected chi connectivity index (χ4v) is 2.62. The Bertz CT molecular complexity index is 246. The fourth-order valence-electron chi connectivity index (χ4n) is 0.927. The zero-order valence-corrected chi connectivity index (χ0v) is 9.75. The van der Waals surface area contributed by atoms with Crippen molar-refractivity contribution in [2.24, 2.45) is 5.73 Å². The first kappa shape index (κ1) is 11.0. The maximum absolute atomic E-state index is 5.65. The smallest absolute Gasteiger partial charge is 0.0925 e. The summed E-state index contributed by atoms with van der Waals surface area (Å²) in [5, 5.41) is 3.38. The fraction of sp³-hybridized carbons (Fsp3) is 0.667. The lowest BCUT2D eigenvalue weighted by Gasteiger charge is -2.01. The first-order valence-corrected chi connectivity index (χ1v) is 6.52. The van der Waals surface area contributed by atoms with Gasteiger partial charge in [-0.15, -0.1) is 11.3 Å². The average Bonchev–Trinajstić information content (AvgIpc) is 2.52. The highest BCUT2D eigenvalue weighted by atomic mass is 32.2. The second-order valence-corrected chi connectivity index (χ2v) is 5.05. The Morgan fingerprint density at radius 3 is 3.00 bits per heavy atom. The lowest BCUT2D eigenvalue weighted by Crippen LogP contribution is -2.17. The van der Waals surface area contributed by atoms with Crippen LogP contribution in [0.25, 0.3) is 0 Å². The van der Waals surface area contributed by atoms with E-state index in [1.165, 1.54) is 10.7 Å². The Hall–Kier alpha value is -0.0600. The molecule has 0 aliphatic rings. The Morgan fingerprint density at radius 1 is 1.69 bits per heavy atom. The molecule has 4 heteroatoms. The monoisotopic (exact) mass is 216 g/mol. The SMILES string of the molecule is CCc1nc(CSCC(C)N)cs1. The quantitative estimate of drug-likeness (QED) is 0.821. The van der Waals surface area contributed by atoms with Crippen LogP contribution in [0.5, 0.6) is 0 Å². The minimum absolute atomic E-state index is 0.286. The van der Waals surface area contributed by atoms with Crippen LogP contribution in [0.4, 0.5) is 0 Å². The number of hydrogen-bond donors (Lipinski definition) is 1. The molecule has 1 aromatic rings. The summed E-state index contributed by atoms with van der Waals surface area (Å²) >= 11 is 3.61. The molecule has 1 unspecified atom stereocenters. The van der Waals surface area contributed by atoms with Gasteiger partial charge in [-0.2, -0.15) is 11.8 Å². The summed E-state index contributed by atoms with van der Waals surface area (Å²) in [6, 6.07) is 0.286. The second kappa shape index (κ2) is 5.62. The highest BCUT2D eigenvalue weighted by Gasteiger charge is 2.01. The third-order valence-corrected chi connectivity index (χ3v) is 3.84. The topological polar surface area (TPSA) is 38.9 Å². The number of thioether (sulfide) groups is 1. The van der Waals surface area contributed by atoms with Gasteiger partial charge in [-0.1, -0.05) is 6.92 Å². The van der Waals surface area contributed by atoms with Gasteiger partial charge in [-0.3, -0.25) is 0 Å². The van der Waals surface area contributed by atoms with Crippen LogP contribution in [0.15, 0.2) is 5.38 Å². The highest BCUT2D eigenvalue weighted by molar-refractivity contribution is 7.98. The molecule has 2 nitrogen and oxygen atoms in total. The van der Waals surface area contributed by atoms with Gasteiger partial charge in [0, 0.05) is 22.9 Å². The molecule has 0 amide bonds. The van der Waals surface area contributed by atoms with Gasteiger partial charge in [0.15, 0.2) is 0 Å². The molecular formula is C9H16N2S2. The molecule has 0 spiro atoms. The molecule has 0 aromatic carbocycles. The van der Waals surface area contributed by atoms with Gasteiger partial charge in [0.1, 0.15) is 0 Å². The number of thiazole rings is 1. The molecule has 1 heterocycles. The molecule has 0 saturated carbocycles. The van der Waals surface area contributed by atoms with Crippen molar-refractivity contribution in [2.75, 3.05) is 5.75 Å². The van der Waals surface area contributed by atoms with Crippen molar-refractivity contribution in [3.63, 3.8) is 0 Å². The Kier molecular flexibility index (Phi) is 4.77. The lowest BCUT2D eigenvalue weighted by atomic mass is 10.4. The van der Waals surface area contributed by atoms with E-state index in [1.54, 1.807) is 11.3 Å². The Balaban J connectivity index is 2.28. The van der Waals surface area contributed by atoms with Crippen molar-refractivity contribution in [2.45, 2.75) is 32.1 Å². The van der Waals surface area contributed by atoms with Crippen LogP contribution >= 0.6 is 23.1 Å². The van der Waals surface area contributed by atoms with Gasteiger partial charge in [-0.25, -0.2) is 4.98 Å². The largest absolute Gasteiger partial charge is 0.327 e. The van der Waals surface area contributed by atoms with E-state index in [-0.39, 0.29) is 6.04 Å². The molecule has 0 radical (unpaired) electrons. The van der Waals surface area contributed by atoms with E-state index in [0.29, 0.717) is 0 Å². The number of nitrogens with two attached hydrogens (primary N) is 1. The average molecular weight is 216 g/mol. The van der Waals surface area contributed by atoms with Gasteiger partial charge < -0.3 is 5.73 Å². The molecular weight excluding hydrogens is 200 g/mol. The molecule has 2 N–H and O–H groups in total. The maximum Gasteiger partial charge on any atom is 0.0925 e. The summed E-state index contributed by atoms with van der Waals surface area (Å²) in [7, 11) is 0. The number of aromatic nitrogens is 1. The summed E-state index contributed by atoms with van der Waals surface area (Å²) in [6.45, 7) is 4.17. The van der Waals surface area contributed by atoms with E-state index >= 15 is 0 Å². The molecule has 1 aromatic heterocycles. The van der Waals surface area contributed by atoms with Crippen LogP contribution in [0.3, 0.4) is 0 Å². The Labute approximate surface area is 87.9 Å². The number of aryl methyl sites for hydroxylation is 1. The maximum atomic E-state index is 5.65. The minimum atomic E-state index is 0.286. The standard InChI is InChI=1S/C9H16N2S2/c1-3-9-11-8(6-13-9)5-12-4-7(2)10/h6-7H,3-5,10H2,1-2H3. The molecule has 1 atom stereocenters. The van der Waals surface area contributed by atoms with Crippen LogP contribution in [0, 0.1) is 0 Å². The third-order valence-electron chi connectivity index (χ3n) is 1.53. The van der Waals surface area contributed by atoms with Crippen LogP contribution < -0.4 is 5.73 Å². The summed E-state index contributed by atoms with van der Waals surface area (Å²) in [4.78, 5) is 4.48. The predicted molar refractivity (Wildman–Crippen MR) is 61.3 cm³/mol. The third kappa shape index (κ3) is 4.11. The molecule has 74 valence electrons. The van der Waals surface area contributed by atoms with Gasteiger partial charge in [0.05, 0.1) is 10.7 Å². The molecule has 0 aliphatic carbocycles. The first-order valence-electron chi connectivity index (χ1n) is 4.49. The van der Waals surface area contributed by atoms with E-state index < -0.39 is 0 Å². The number of nitrogens with zero attached hydrogens (tertiary/aromatic N) is 1. The molecule has 0 aliphatic heterocycles. The van der Waals surface area contributed by atoms with Gasteiger partial charge in [0.25, 0.3) is 0 Å². The van der Waals surface area contributed by atoms with Gasteiger partial charge in [-0.05, 0) is 13.3 Å². The molecule has 0 bridgehead atoms. The van der Waals surface area contributed by atoms with Gasteiger partial charge >= 0.3 is 0 Å².